The van der Waals surface area contributed by atoms with Crippen molar-refractivity contribution in [2.75, 3.05) is 6.61 Å². The molecule has 0 aromatic carbocycles. The fraction of sp³-hybridized carbons (Fsp3) is 0.286. The molecule has 1 N–H and O–H groups in total. The highest BCUT2D eigenvalue weighted by Crippen LogP contribution is 2.10. The number of ether oxygens (including phenoxy) is 1. The van der Waals surface area contributed by atoms with Crippen molar-refractivity contribution in [3.63, 3.8) is 0 Å². The van der Waals surface area contributed by atoms with Gasteiger partial charge in [-0.2, -0.15) is 0 Å². The maximum absolute atomic E-state index is 11.0. The Hall–Kier alpha value is -0.770. The highest BCUT2D eigenvalue weighted by molar-refractivity contribution is 9.10. The van der Waals surface area contributed by atoms with E-state index in [0.29, 0.717) is 12.3 Å². The molecule has 0 atom stereocenters. The molecule has 1 aromatic heterocycles. The molecule has 0 aliphatic heterocycles. The zero-order valence-corrected chi connectivity index (χ0v) is 7.64. The van der Waals surface area contributed by atoms with Gasteiger partial charge in [-0.25, -0.2) is 4.79 Å². The highest BCUT2D eigenvalue weighted by Gasteiger charge is 2.06. The minimum absolute atomic E-state index is 0.321. The lowest BCUT2D eigenvalue weighted by Gasteiger charge is -1.96. The van der Waals surface area contributed by atoms with Crippen LogP contribution < -0.4 is 0 Å². The van der Waals surface area contributed by atoms with E-state index in [4.69, 9.17) is 4.74 Å². The molecule has 0 unspecified atom stereocenters. The van der Waals surface area contributed by atoms with E-state index in [-0.39, 0.29) is 5.97 Å². The van der Waals surface area contributed by atoms with Gasteiger partial charge in [-0.15, -0.1) is 0 Å². The summed E-state index contributed by atoms with van der Waals surface area (Å²) in [7, 11) is 0. The van der Waals surface area contributed by atoms with Crippen LogP contribution in [0, 0.1) is 0 Å². The quantitative estimate of drug-likeness (QED) is 0.771. The first kappa shape index (κ1) is 8.33. The van der Waals surface area contributed by atoms with Crippen LogP contribution in [0.5, 0.6) is 0 Å². The molecule has 0 amide bonds. The number of halogens is 1. The number of rotatable bonds is 2. The minimum Gasteiger partial charge on any atom is -0.461 e. The second-order valence-corrected chi connectivity index (χ2v) is 2.87. The fourth-order valence-corrected chi connectivity index (χ4v) is 1.04. The lowest BCUT2D eigenvalue weighted by Crippen LogP contribution is -2.04. The maximum atomic E-state index is 11.0. The number of carbonyl (C=O) groups excluding carboxylic acids is 1. The molecule has 0 fully saturated rings. The number of nitrogens with one attached hydrogen (secondary N) is 1. The third kappa shape index (κ3) is 2.08. The zero-order valence-electron chi connectivity index (χ0n) is 6.06. The van der Waals surface area contributed by atoms with Gasteiger partial charge in [0.15, 0.2) is 0 Å². The molecule has 1 aromatic rings. The summed E-state index contributed by atoms with van der Waals surface area (Å²) in [6.45, 7) is 2.17. The molecular formula is C7H8BrNO2. The van der Waals surface area contributed by atoms with E-state index in [1.54, 1.807) is 19.2 Å². The monoisotopic (exact) mass is 217 g/mol. The number of hydrogen-bond acceptors (Lipinski definition) is 2. The van der Waals surface area contributed by atoms with Crippen molar-refractivity contribution in [1.29, 1.82) is 0 Å². The molecule has 3 nitrogen and oxygen atoms in total. The van der Waals surface area contributed by atoms with Gasteiger partial charge in [-0.05, 0) is 28.9 Å². The molecule has 11 heavy (non-hydrogen) atoms. The van der Waals surface area contributed by atoms with Crippen LogP contribution in [-0.2, 0) is 4.74 Å². The van der Waals surface area contributed by atoms with E-state index in [0.717, 1.165) is 4.47 Å². The molecule has 0 radical (unpaired) electrons. The van der Waals surface area contributed by atoms with Crippen LogP contribution in [-0.4, -0.2) is 17.6 Å². The van der Waals surface area contributed by atoms with Gasteiger partial charge in [0, 0.05) is 10.7 Å². The molecular weight excluding hydrogens is 210 g/mol. The maximum Gasteiger partial charge on any atom is 0.354 e. The average molecular weight is 218 g/mol. The van der Waals surface area contributed by atoms with Crippen LogP contribution in [0.4, 0.5) is 0 Å². The van der Waals surface area contributed by atoms with Crippen molar-refractivity contribution in [2.45, 2.75) is 6.92 Å². The van der Waals surface area contributed by atoms with Gasteiger partial charge < -0.3 is 9.72 Å². The number of H-pyrrole nitrogens is 1. The Labute approximate surface area is 72.9 Å². The molecule has 1 rings (SSSR count). The van der Waals surface area contributed by atoms with Crippen LogP contribution in [0.25, 0.3) is 0 Å². The Kier molecular flexibility index (Phi) is 2.70. The number of aromatic nitrogens is 1. The Bertz CT molecular complexity index is 257. The van der Waals surface area contributed by atoms with Crippen LogP contribution in [0.1, 0.15) is 17.4 Å². The predicted octanol–water partition coefficient (Wildman–Crippen LogP) is 1.95. The Morgan fingerprint density at radius 2 is 2.55 bits per heavy atom. The first-order valence-electron chi connectivity index (χ1n) is 3.25. The van der Waals surface area contributed by atoms with Gasteiger partial charge in [-0.3, -0.25) is 0 Å². The average Bonchev–Trinajstić information content (AvgIpc) is 2.36. The summed E-state index contributed by atoms with van der Waals surface area (Å²) in [5, 5.41) is 0. The van der Waals surface area contributed by atoms with Gasteiger partial charge in [0.25, 0.3) is 0 Å². The van der Waals surface area contributed by atoms with Crippen molar-refractivity contribution in [3.05, 3.63) is 22.4 Å². The third-order valence-corrected chi connectivity index (χ3v) is 1.60. The molecule has 0 aliphatic carbocycles. The van der Waals surface area contributed by atoms with E-state index in [1.807, 2.05) is 0 Å². The van der Waals surface area contributed by atoms with E-state index in [1.165, 1.54) is 0 Å². The van der Waals surface area contributed by atoms with Crippen LogP contribution in [0.3, 0.4) is 0 Å². The Morgan fingerprint density at radius 1 is 1.82 bits per heavy atom. The minimum atomic E-state index is -0.321. The van der Waals surface area contributed by atoms with Crippen LogP contribution in [0.2, 0.25) is 0 Å². The van der Waals surface area contributed by atoms with Crippen molar-refractivity contribution >= 4 is 21.9 Å². The summed E-state index contributed by atoms with van der Waals surface area (Å²) < 4.78 is 5.60. The van der Waals surface area contributed by atoms with E-state index in [9.17, 15) is 4.79 Å². The van der Waals surface area contributed by atoms with Gasteiger partial charge in [-0.1, -0.05) is 0 Å². The number of hydrogen-bond donors (Lipinski definition) is 1. The smallest absolute Gasteiger partial charge is 0.354 e. The van der Waals surface area contributed by atoms with Crippen LogP contribution in [0.15, 0.2) is 16.7 Å². The predicted molar refractivity (Wildman–Crippen MR) is 44.4 cm³/mol. The summed E-state index contributed by atoms with van der Waals surface area (Å²) in [6.07, 6.45) is 1.69. The normalized spacial score (nSPS) is 9.64. The Morgan fingerprint density at radius 3 is 3.00 bits per heavy atom. The van der Waals surface area contributed by atoms with Crippen molar-refractivity contribution in [2.24, 2.45) is 0 Å². The van der Waals surface area contributed by atoms with Crippen molar-refractivity contribution in [1.82, 2.24) is 4.98 Å². The van der Waals surface area contributed by atoms with Gasteiger partial charge in [0.1, 0.15) is 5.69 Å². The molecule has 60 valence electrons. The first-order valence-corrected chi connectivity index (χ1v) is 4.04. The lowest BCUT2D eigenvalue weighted by molar-refractivity contribution is 0.0520. The molecule has 0 aliphatic rings. The molecule has 0 saturated heterocycles. The van der Waals surface area contributed by atoms with Gasteiger partial charge in [0.2, 0.25) is 0 Å². The first-order chi connectivity index (χ1) is 5.24. The van der Waals surface area contributed by atoms with E-state index >= 15 is 0 Å². The summed E-state index contributed by atoms with van der Waals surface area (Å²) >= 11 is 3.21. The summed E-state index contributed by atoms with van der Waals surface area (Å²) in [5.74, 6) is -0.321. The summed E-state index contributed by atoms with van der Waals surface area (Å²) in [5.41, 5.74) is 0.471. The Balaban J connectivity index is 2.69. The molecule has 0 spiro atoms. The number of carbonyl (C=O) groups is 1. The van der Waals surface area contributed by atoms with Gasteiger partial charge in [0.05, 0.1) is 6.61 Å². The number of aromatic amines is 1. The van der Waals surface area contributed by atoms with E-state index < -0.39 is 0 Å². The molecule has 4 heteroatoms. The largest absolute Gasteiger partial charge is 0.461 e. The fourth-order valence-electron chi connectivity index (χ4n) is 0.695. The van der Waals surface area contributed by atoms with Gasteiger partial charge >= 0.3 is 5.97 Å². The second kappa shape index (κ2) is 3.57. The third-order valence-electron chi connectivity index (χ3n) is 1.14. The zero-order chi connectivity index (χ0) is 8.27. The summed E-state index contributed by atoms with van der Waals surface area (Å²) in [6, 6.07) is 1.68. The van der Waals surface area contributed by atoms with E-state index in [2.05, 4.69) is 20.9 Å². The molecule has 1 heterocycles. The van der Waals surface area contributed by atoms with Crippen molar-refractivity contribution in [3.8, 4) is 0 Å². The SMILES string of the molecule is CCOC(=O)c1cc(Br)c[nH]1. The highest BCUT2D eigenvalue weighted by atomic mass is 79.9. The topological polar surface area (TPSA) is 42.1 Å². The van der Waals surface area contributed by atoms with Crippen LogP contribution >= 0.6 is 15.9 Å². The standard InChI is InChI=1S/C7H8BrNO2/c1-2-11-7(10)6-3-5(8)4-9-6/h3-4,9H,2H2,1H3. The molecule has 0 saturated carbocycles. The van der Waals surface area contributed by atoms with Crippen molar-refractivity contribution < 1.29 is 9.53 Å². The number of esters is 1. The molecule has 0 bridgehead atoms. The summed E-state index contributed by atoms with van der Waals surface area (Å²) in [4.78, 5) is 13.8. The lowest BCUT2D eigenvalue weighted by atomic mass is 10.4. The second-order valence-electron chi connectivity index (χ2n) is 1.95.